The second-order valence-electron chi connectivity index (χ2n) is 12.2. The van der Waals surface area contributed by atoms with Crippen molar-refractivity contribution in [3.05, 3.63) is 11.9 Å². The smallest absolute Gasteiger partial charge is 0.305 e. The number of hydrogen-bond acceptors (Lipinski definition) is 4. The summed E-state index contributed by atoms with van der Waals surface area (Å²) in [5, 5.41) is 0. The highest BCUT2D eigenvalue weighted by atomic mass is 19.1. The molecule has 0 aromatic rings. The monoisotopic (exact) mass is 464 g/mol. The van der Waals surface area contributed by atoms with Crippen LogP contribution in [0.4, 0.5) is 4.39 Å². The second-order valence-corrected chi connectivity index (χ2v) is 12.2. The summed E-state index contributed by atoms with van der Waals surface area (Å²) in [5.41, 5.74) is 0.170. The zero-order valence-corrected chi connectivity index (χ0v) is 21.6. The van der Waals surface area contributed by atoms with Crippen molar-refractivity contribution < 1.29 is 23.4 Å². The fraction of sp³-hybridized carbons (Fsp3) is 0.893. The van der Waals surface area contributed by atoms with Crippen LogP contribution in [0.5, 0.6) is 0 Å². The van der Waals surface area contributed by atoms with Gasteiger partial charge in [-0.3, -0.25) is 4.79 Å². The van der Waals surface area contributed by atoms with Crippen LogP contribution in [-0.4, -0.2) is 33.1 Å². The van der Waals surface area contributed by atoms with Gasteiger partial charge in [0.15, 0.2) is 0 Å². The van der Waals surface area contributed by atoms with Gasteiger partial charge in [-0.1, -0.05) is 27.7 Å². The van der Waals surface area contributed by atoms with Crippen LogP contribution >= 0.6 is 0 Å². The Morgan fingerprint density at radius 3 is 2.64 bits per heavy atom. The van der Waals surface area contributed by atoms with Crippen molar-refractivity contribution in [1.82, 2.24) is 0 Å². The van der Waals surface area contributed by atoms with Crippen LogP contribution < -0.4 is 0 Å². The van der Waals surface area contributed by atoms with Gasteiger partial charge < -0.3 is 14.2 Å². The van der Waals surface area contributed by atoms with Gasteiger partial charge >= 0.3 is 5.97 Å². The number of esters is 1. The van der Waals surface area contributed by atoms with Gasteiger partial charge in [-0.05, 0) is 97.4 Å². The van der Waals surface area contributed by atoms with E-state index in [1.54, 1.807) is 7.11 Å². The minimum atomic E-state index is -0.107. The average molecular weight is 465 g/mol. The molecule has 0 amide bonds. The summed E-state index contributed by atoms with van der Waals surface area (Å²) in [4.78, 5) is 11.8. The predicted molar refractivity (Wildman–Crippen MR) is 127 cm³/mol. The number of halogens is 1. The first-order valence-corrected chi connectivity index (χ1v) is 13.2. The van der Waals surface area contributed by atoms with Crippen LogP contribution in [0.1, 0.15) is 79.1 Å². The molecule has 4 aliphatic carbocycles. The first-order valence-electron chi connectivity index (χ1n) is 13.2. The third-order valence-electron chi connectivity index (χ3n) is 10.7. The van der Waals surface area contributed by atoms with E-state index in [-0.39, 0.29) is 34.6 Å². The van der Waals surface area contributed by atoms with E-state index in [9.17, 15) is 9.18 Å². The molecular formula is C28H45FO4. The van der Waals surface area contributed by atoms with Gasteiger partial charge in [0.1, 0.15) is 6.79 Å². The molecule has 188 valence electrons. The highest BCUT2D eigenvalue weighted by molar-refractivity contribution is 5.69. The number of allylic oxidation sites excluding steroid dienone is 2. The summed E-state index contributed by atoms with van der Waals surface area (Å²) < 4.78 is 31.6. The van der Waals surface area contributed by atoms with Gasteiger partial charge in [0.05, 0.1) is 19.0 Å². The zero-order valence-electron chi connectivity index (χ0n) is 21.6. The van der Waals surface area contributed by atoms with E-state index in [0.29, 0.717) is 48.7 Å². The summed E-state index contributed by atoms with van der Waals surface area (Å²) >= 11 is 0. The molecule has 0 bridgehead atoms. The van der Waals surface area contributed by atoms with Crippen molar-refractivity contribution in [1.29, 1.82) is 0 Å². The quantitative estimate of drug-likeness (QED) is 0.317. The van der Waals surface area contributed by atoms with Gasteiger partial charge in [-0.25, -0.2) is 4.39 Å². The maximum atomic E-state index is 14.9. The predicted octanol–water partition coefficient (Wildman–Crippen LogP) is 6.54. The van der Waals surface area contributed by atoms with E-state index < -0.39 is 0 Å². The lowest BCUT2D eigenvalue weighted by Crippen LogP contribution is -2.58. The summed E-state index contributed by atoms with van der Waals surface area (Å²) in [6.07, 6.45) is 10.3. The van der Waals surface area contributed by atoms with E-state index >= 15 is 0 Å². The van der Waals surface area contributed by atoms with Gasteiger partial charge in [0.25, 0.3) is 0 Å². The van der Waals surface area contributed by atoms with Crippen LogP contribution in [0.2, 0.25) is 0 Å². The number of carbonyl (C=O) groups excluding carboxylic acids is 1. The van der Waals surface area contributed by atoms with Crippen LogP contribution in [-0.2, 0) is 19.0 Å². The van der Waals surface area contributed by atoms with Crippen LogP contribution in [0.3, 0.4) is 0 Å². The zero-order chi connectivity index (χ0) is 24.0. The molecule has 4 rings (SSSR count). The molecule has 0 aromatic heterocycles. The molecular weight excluding hydrogens is 419 g/mol. The second kappa shape index (κ2) is 9.60. The fourth-order valence-corrected chi connectivity index (χ4v) is 8.95. The molecule has 0 heterocycles. The topological polar surface area (TPSA) is 44.8 Å². The maximum Gasteiger partial charge on any atom is 0.305 e. The number of fused-ring (bicyclic) bond motifs is 5. The molecule has 0 saturated heterocycles. The molecule has 4 nitrogen and oxygen atoms in total. The van der Waals surface area contributed by atoms with Crippen LogP contribution in [0.15, 0.2) is 11.9 Å². The van der Waals surface area contributed by atoms with Gasteiger partial charge in [-0.2, -0.15) is 0 Å². The molecule has 33 heavy (non-hydrogen) atoms. The highest BCUT2D eigenvalue weighted by Crippen LogP contribution is 2.68. The third kappa shape index (κ3) is 4.30. The number of methoxy groups -OCH3 is 2. The summed E-state index contributed by atoms with van der Waals surface area (Å²) in [5.74, 6) is 3.06. The maximum absolute atomic E-state index is 14.9. The highest BCUT2D eigenvalue weighted by Gasteiger charge is 2.63. The average Bonchev–Trinajstić information content (AvgIpc) is 3.14. The van der Waals surface area contributed by atoms with E-state index in [4.69, 9.17) is 14.2 Å². The molecule has 10 atom stereocenters. The Morgan fingerprint density at radius 1 is 1.18 bits per heavy atom. The Bertz CT molecular complexity index is 752. The Kier molecular flexibility index (Phi) is 7.32. The molecule has 0 spiro atoms. The molecule has 4 aliphatic rings. The first-order chi connectivity index (χ1) is 15.7. The van der Waals surface area contributed by atoms with Crippen molar-refractivity contribution in [2.75, 3.05) is 21.0 Å². The van der Waals surface area contributed by atoms with Crippen molar-refractivity contribution in [3.8, 4) is 0 Å². The van der Waals surface area contributed by atoms with E-state index in [2.05, 4.69) is 20.8 Å². The molecule has 4 unspecified atom stereocenters. The molecule has 3 fully saturated rings. The van der Waals surface area contributed by atoms with Crippen LogP contribution in [0, 0.1) is 52.3 Å². The van der Waals surface area contributed by atoms with Crippen molar-refractivity contribution in [2.45, 2.75) is 85.2 Å². The lowest BCUT2D eigenvalue weighted by Gasteiger charge is -2.62. The SMILES string of the molecule is COCOC1C[C@@H]2C[C@@H](C)C(F)=C[C@]2(C)C2CC[C@@]3(C)C(CC[C@@H]3[C@H](C)CCC(=O)OC)C12. The largest absolute Gasteiger partial charge is 0.469 e. The van der Waals surface area contributed by atoms with Crippen molar-refractivity contribution >= 4 is 5.97 Å². The minimum Gasteiger partial charge on any atom is -0.469 e. The number of carbonyl (C=O) groups is 1. The van der Waals surface area contributed by atoms with Gasteiger partial charge in [-0.15, -0.1) is 0 Å². The van der Waals surface area contributed by atoms with Crippen LogP contribution in [0.25, 0.3) is 0 Å². The molecule has 0 aliphatic heterocycles. The van der Waals surface area contributed by atoms with Crippen molar-refractivity contribution in [2.24, 2.45) is 52.3 Å². The Balaban J connectivity index is 1.61. The van der Waals surface area contributed by atoms with E-state index in [1.165, 1.54) is 26.4 Å². The Hall–Kier alpha value is -0.940. The summed E-state index contributed by atoms with van der Waals surface area (Å²) in [7, 11) is 3.17. The number of hydrogen-bond donors (Lipinski definition) is 0. The fourth-order valence-electron chi connectivity index (χ4n) is 8.95. The molecule has 0 N–H and O–H groups in total. The Labute approximate surface area is 200 Å². The van der Waals surface area contributed by atoms with E-state index in [1.807, 2.05) is 13.0 Å². The molecule has 5 heteroatoms. The normalized spacial score (nSPS) is 45.4. The first kappa shape index (κ1) is 25.2. The lowest BCUT2D eigenvalue weighted by atomic mass is 9.44. The Morgan fingerprint density at radius 2 is 1.94 bits per heavy atom. The third-order valence-corrected chi connectivity index (χ3v) is 10.7. The summed E-state index contributed by atoms with van der Waals surface area (Å²) in [6.45, 7) is 9.52. The standard InChI is InChI=1S/C28H45FO4/c1-17(7-10-25(30)32-6)20-8-9-21-26-22(11-12-27(20,21)3)28(4)15-23(29)18(2)13-19(28)14-24(26)33-16-31-5/h15,17-22,24,26H,7-14,16H2,1-6H3/t17-,18-,19+,20-,21?,22?,24?,26?,27-,28+/m1/s1. The lowest BCUT2D eigenvalue weighted by molar-refractivity contribution is -0.189. The number of ether oxygens (including phenoxy) is 3. The van der Waals surface area contributed by atoms with Gasteiger partial charge in [0.2, 0.25) is 0 Å². The molecule has 0 radical (unpaired) electrons. The van der Waals surface area contributed by atoms with Gasteiger partial charge in [0, 0.05) is 19.4 Å². The minimum absolute atomic E-state index is 0.0167. The molecule has 3 saturated carbocycles. The molecule has 0 aromatic carbocycles. The van der Waals surface area contributed by atoms with Crippen molar-refractivity contribution in [3.63, 3.8) is 0 Å². The summed E-state index contributed by atoms with van der Waals surface area (Å²) in [6, 6.07) is 0. The van der Waals surface area contributed by atoms with E-state index in [0.717, 1.165) is 25.7 Å². The number of rotatable bonds is 7.